The number of amides is 1. The van der Waals surface area contributed by atoms with Crippen molar-refractivity contribution in [2.45, 2.75) is 44.8 Å². The van der Waals surface area contributed by atoms with Crippen molar-refractivity contribution in [1.82, 2.24) is 4.90 Å². The van der Waals surface area contributed by atoms with E-state index in [1.54, 1.807) is 0 Å². The quantitative estimate of drug-likeness (QED) is 0.881. The van der Waals surface area contributed by atoms with E-state index in [-0.39, 0.29) is 11.9 Å². The van der Waals surface area contributed by atoms with Gasteiger partial charge in [0.05, 0.1) is 6.04 Å². The average molecular weight is 273 g/mol. The molecular formula is C16H23N3O. The minimum absolute atomic E-state index is 0.0421. The third kappa shape index (κ3) is 2.58. The lowest BCUT2D eigenvalue weighted by Crippen LogP contribution is -2.46. The molecule has 0 spiro atoms. The number of fused-ring (bicyclic) bond motifs is 2. The largest absolute Gasteiger partial charge is 0.326 e. The van der Waals surface area contributed by atoms with Gasteiger partial charge in [0, 0.05) is 24.8 Å². The fourth-order valence-electron chi connectivity index (χ4n) is 3.56. The highest BCUT2D eigenvalue weighted by Crippen LogP contribution is 2.38. The van der Waals surface area contributed by atoms with Crippen LogP contribution in [0.2, 0.25) is 0 Å². The Labute approximate surface area is 120 Å². The maximum Gasteiger partial charge on any atom is 0.241 e. The zero-order valence-corrected chi connectivity index (χ0v) is 12.0. The number of hydrogen-bond acceptors (Lipinski definition) is 3. The fourth-order valence-corrected chi connectivity index (χ4v) is 3.56. The summed E-state index contributed by atoms with van der Waals surface area (Å²) < 4.78 is 0. The second-order valence-corrected chi connectivity index (χ2v) is 6.10. The summed E-state index contributed by atoms with van der Waals surface area (Å²) in [5, 5.41) is 3.01. The van der Waals surface area contributed by atoms with Crippen LogP contribution in [0, 0.1) is 5.92 Å². The smallest absolute Gasteiger partial charge is 0.241 e. The summed E-state index contributed by atoms with van der Waals surface area (Å²) in [6.07, 6.45) is 3.88. The number of carbonyl (C=O) groups is 1. The standard InChI is InChI=1S/C16H23N3O/c1-11(19-10-13-4-7-15(19)8-13)16(20)18-14-5-2-12(9-17)3-6-14/h2-3,5-6,11,13,15H,4,7-10,17H2,1H3,(H,18,20). The van der Waals surface area contributed by atoms with Crippen molar-refractivity contribution in [3.63, 3.8) is 0 Å². The molecule has 20 heavy (non-hydrogen) atoms. The van der Waals surface area contributed by atoms with Gasteiger partial charge in [0.2, 0.25) is 5.91 Å². The van der Waals surface area contributed by atoms with Crippen LogP contribution in [0.3, 0.4) is 0 Å². The normalized spacial score (nSPS) is 26.7. The number of piperidine rings is 1. The molecule has 1 aromatic carbocycles. The minimum Gasteiger partial charge on any atom is -0.326 e. The van der Waals surface area contributed by atoms with Crippen molar-refractivity contribution in [1.29, 1.82) is 0 Å². The first-order chi connectivity index (χ1) is 9.67. The van der Waals surface area contributed by atoms with E-state index in [9.17, 15) is 4.79 Å². The molecule has 3 rings (SSSR count). The molecule has 4 nitrogen and oxygen atoms in total. The van der Waals surface area contributed by atoms with Crippen LogP contribution in [0.15, 0.2) is 24.3 Å². The van der Waals surface area contributed by atoms with E-state index in [2.05, 4.69) is 10.2 Å². The summed E-state index contributed by atoms with van der Waals surface area (Å²) in [6.45, 7) is 3.64. The maximum absolute atomic E-state index is 12.4. The molecule has 1 aliphatic carbocycles. The van der Waals surface area contributed by atoms with E-state index in [0.29, 0.717) is 12.6 Å². The molecule has 1 heterocycles. The first kappa shape index (κ1) is 13.6. The van der Waals surface area contributed by atoms with Gasteiger partial charge >= 0.3 is 0 Å². The van der Waals surface area contributed by atoms with Gasteiger partial charge in [-0.1, -0.05) is 12.1 Å². The minimum atomic E-state index is -0.0421. The van der Waals surface area contributed by atoms with Crippen LogP contribution in [-0.4, -0.2) is 29.4 Å². The first-order valence-corrected chi connectivity index (χ1v) is 7.53. The molecule has 0 radical (unpaired) electrons. The van der Waals surface area contributed by atoms with Crippen LogP contribution >= 0.6 is 0 Å². The number of nitrogens with zero attached hydrogens (tertiary/aromatic N) is 1. The highest BCUT2D eigenvalue weighted by molar-refractivity contribution is 5.94. The zero-order valence-electron chi connectivity index (χ0n) is 12.0. The van der Waals surface area contributed by atoms with Gasteiger partial charge < -0.3 is 11.1 Å². The number of nitrogens with two attached hydrogens (primary N) is 1. The average Bonchev–Trinajstić information content (AvgIpc) is 3.10. The van der Waals surface area contributed by atoms with Crippen LogP contribution in [0.4, 0.5) is 5.69 Å². The summed E-state index contributed by atoms with van der Waals surface area (Å²) in [5.41, 5.74) is 7.50. The van der Waals surface area contributed by atoms with Crippen LogP contribution in [-0.2, 0) is 11.3 Å². The summed E-state index contributed by atoms with van der Waals surface area (Å²) in [7, 11) is 0. The number of hydrogen-bond donors (Lipinski definition) is 2. The lowest BCUT2D eigenvalue weighted by molar-refractivity contribution is -0.121. The molecule has 1 saturated heterocycles. The van der Waals surface area contributed by atoms with Gasteiger partial charge in [-0.2, -0.15) is 0 Å². The second-order valence-electron chi connectivity index (χ2n) is 6.10. The van der Waals surface area contributed by atoms with Crippen molar-refractivity contribution < 1.29 is 4.79 Å². The summed E-state index contributed by atoms with van der Waals surface area (Å²) in [5.74, 6) is 0.914. The summed E-state index contributed by atoms with van der Waals surface area (Å²) in [6, 6.07) is 8.34. The van der Waals surface area contributed by atoms with Crippen molar-refractivity contribution in [2.75, 3.05) is 11.9 Å². The van der Waals surface area contributed by atoms with Gasteiger partial charge in [0.25, 0.3) is 0 Å². The number of anilines is 1. The van der Waals surface area contributed by atoms with Crippen LogP contribution in [0.5, 0.6) is 0 Å². The van der Waals surface area contributed by atoms with E-state index in [1.165, 1.54) is 19.3 Å². The molecular weight excluding hydrogens is 250 g/mol. The van der Waals surface area contributed by atoms with Gasteiger partial charge in [-0.25, -0.2) is 0 Å². The third-order valence-corrected chi connectivity index (χ3v) is 4.79. The van der Waals surface area contributed by atoms with Crippen LogP contribution in [0.1, 0.15) is 31.7 Å². The highest BCUT2D eigenvalue weighted by Gasteiger charge is 2.41. The Morgan fingerprint density at radius 3 is 2.70 bits per heavy atom. The molecule has 1 saturated carbocycles. The Hall–Kier alpha value is -1.39. The molecule has 108 valence electrons. The van der Waals surface area contributed by atoms with Crippen molar-refractivity contribution in [3.05, 3.63) is 29.8 Å². The fraction of sp³-hybridized carbons (Fsp3) is 0.562. The van der Waals surface area contributed by atoms with Gasteiger partial charge in [-0.05, 0) is 49.8 Å². The van der Waals surface area contributed by atoms with Gasteiger partial charge in [-0.15, -0.1) is 0 Å². The Morgan fingerprint density at radius 1 is 1.40 bits per heavy atom. The molecule has 1 amide bonds. The summed E-state index contributed by atoms with van der Waals surface area (Å²) in [4.78, 5) is 14.7. The number of nitrogens with one attached hydrogen (secondary N) is 1. The molecule has 3 N–H and O–H groups in total. The van der Waals surface area contributed by atoms with E-state index in [1.807, 2.05) is 31.2 Å². The molecule has 4 heteroatoms. The first-order valence-electron chi connectivity index (χ1n) is 7.53. The lowest BCUT2D eigenvalue weighted by atomic mass is 10.1. The highest BCUT2D eigenvalue weighted by atomic mass is 16.2. The lowest BCUT2D eigenvalue weighted by Gasteiger charge is -2.31. The van der Waals surface area contributed by atoms with Gasteiger partial charge in [0.15, 0.2) is 0 Å². The summed E-state index contributed by atoms with van der Waals surface area (Å²) >= 11 is 0. The SMILES string of the molecule is CC(C(=O)Nc1ccc(CN)cc1)N1CC2CCC1C2. The van der Waals surface area contributed by atoms with Crippen molar-refractivity contribution >= 4 is 11.6 Å². The molecule has 2 aliphatic rings. The van der Waals surface area contributed by atoms with E-state index in [4.69, 9.17) is 5.73 Å². The molecule has 1 aromatic rings. The van der Waals surface area contributed by atoms with E-state index < -0.39 is 0 Å². The molecule has 1 aliphatic heterocycles. The zero-order chi connectivity index (χ0) is 14.1. The number of rotatable bonds is 4. The van der Waals surface area contributed by atoms with Gasteiger partial charge in [0.1, 0.15) is 0 Å². The Kier molecular flexibility index (Phi) is 3.76. The van der Waals surface area contributed by atoms with E-state index >= 15 is 0 Å². The topological polar surface area (TPSA) is 58.4 Å². The predicted molar refractivity (Wildman–Crippen MR) is 80.3 cm³/mol. The molecule has 2 fully saturated rings. The Morgan fingerprint density at radius 2 is 2.15 bits per heavy atom. The molecule has 3 unspecified atom stereocenters. The van der Waals surface area contributed by atoms with Crippen LogP contribution in [0.25, 0.3) is 0 Å². The Balaban J connectivity index is 1.60. The van der Waals surface area contributed by atoms with Crippen molar-refractivity contribution in [3.8, 4) is 0 Å². The third-order valence-electron chi connectivity index (χ3n) is 4.79. The van der Waals surface area contributed by atoms with Crippen LogP contribution < -0.4 is 11.1 Å². The second kappa shape index (κ2) is 5.54. The van der Waals surface area contributed by atoms with E-state index in [0.717, 1.165) is 23.7 Å². The predicted octanol–water partition coefficient (Wildman–Crippen LogP) is 1.96. The monoisotopic (exact) mass is 273 g/mol. The van der Waals surface area contributed by atoms with Gasteiger partial charge in [-0.3, -0.25) is 9.69 Å². The Bertz CT molecular complexity index is 485. The number of likely N-dealkylation sites (tertiary alicyclic amines) is 1. The number of carbonyl (C=O) groups excluding carboxylic acids is 1. The maximum atomic E-state index is 12.4. The molecule has 3 atom stereocenters. The number of benzene rings is 1. The molecule has 0 aromatic heterocycles. The van der Waals surface area contributed by atoms with Crippen molar-refractivity contribution in [2.24, 2.45) is 11.7 Å². The molecule has 2 bridgehead atoms.